The molecule has 2 aromatic rings. The Morgan fingerprint density at radius 2 is 2.15 bits per heavy atom. The van der Waals surface area contributed by atoms with Crippen LogP contribution in [-0.2, 0) is 0 Å². The Morgan fingerprint density at radius 3 is 2.80 bits per heavy atom. The molecule has 2 N–H and O–H groups in total. The van der Waals surface area contributed by atoms with Gasteiger partial charge in [-0.3, -0.25) is 4.79 Å². The zero-order valence-corrected chi connectivity index (χ0v) is 12.6. The third-order valence-electron chi connectivity index (χ3n) is 3.60. The summed E-state index contributed by atoms with van der Waals surface area (Å²) < 4.78 is 14.2. The van der Waals surface area contributed by atoms with Crippen molar-refractivity contribution in [1.82, 2.24) is 5.32 Å². The summed E-state index contributed by atoms with van der Waals surface area (Å²) >= 11 is 1.36. The van der Waals surface area contributed by atoms with Crippen molar-refractivity contribution in [2.75, 3.05) is 6.61 Å². The number of rotatable bonds is 4. The second-order valence-electron chi connectivity index (χ2n) is 5.12. The van der Waals surface area contributed by atoms with Crippen LogP contribution in [-0.4, -0.2) is 23.7 Å². The second-order valence-corrected chi connectivity index (χ2v) is 6.17. The molecule has 1 amide bonds. The highest BCUT2D eigenvalue weighted by molar-refractivity contribution is 7.21. The summed E-state index contributed by atoms with van der Waals surface area (Å²) in [6.07, 6.45) is 0. The van der Waals surface area contributed by atoms with Crippen LogP contribution in [0.1, 0.15) is 29.1 Å². The van der Waals surface area contributed by atoms with Crippen molar-refractivity contribution in [3.63, 3.8) is 0 Å². The monoisotopic (exact) mass is 295 g/mol. The first-order valence-corrected chi connectivity index (χ1v) is 7.36. The maximum absolute atomic E-state index is 13.3. The van der Waals surface area contributed by atoms with Crippen molar-refractivity contribution in [3.05, 3.63) is 34.5 Å². The molecule has 3 nitrogen and oxygen atoms in total. The van der Waals surface area contributed by atoms with Crippen molar-refractivity contribution in [2.24, 2.45) is 5.92 Å². The van der Waals surface area contributed by atoms with E-state index in [9.17, 15) is 9.18 Å². The zero-order chi connectivity index (χ0) is 14.9. The summed E-state index contributed by atoms with van der Waals surface area (Å²) in [5, 5.41) is 12.8. The summed E-state index contributed by atoms with van der Waals surface area (Å²) in [7, 11) is 0. The molecule has 2 rings (SSSR count). The Kier molecular flexibility index (Phi) is 4.40. The van der Waals surface area contributed by atoms with E-state index in [1.165, 1.54) is 23.5 Å². The topological polar surface area (TPSA) is 49.3 Å². The SMILES string of the molecule is Cc1c(C(=O)NC(C)C(C)CO)sc2ccc(F)cc12. The first-order chi connectivity index (χ1) is 9.43. The molecule has 0 radical (unpaired) electrons. The van der Waals surface area contributed by atoms with Crippen LogP contribution in [0.5, 0.6) is 0 Å². The Hall–Kier alpha value is -1.46. The minimum Gasteiger partial charge on any atom is -0.396 e. The third kappa shape index (κ3) is 2.83. The van der Waals surface area contributed by atoms with Gasteiger partial charge in [-0.2, -0.15) is 0 Å². The van der Waals surface area contributed by atoms with Gasteiger partial charge in [-0.1, -0.05) is 6.92 Å². The van der Waals surface area contributed by atoms with E-state index in [4.69, 9.17) is 5.11 Å². The van der Waals surface area contributed by atoms with E-state index >= 15 is 0 Å². The zero-order valence-electron chi connectivity index (χ0n) is 11.7. The summed E-state index contributed by atoms with van der Waals surface area (Å²) in [5.74, 6) is -0.476. The van der Waals surface area contributed by atoms with Crippen molar-refractivity contribution in [2.45, 2.75) is 26.8 Å². The fourth-order valence-corrected chi connectivity index (χ4v) is 3.08. The third-order valence-corrected chi connectivity index (χ3v) is 4.88. The van der Waals surface area contributed by atoms with Gasteiger partial charge in [0.15, 0.2) is 0 Å². The lowest BCUT2D eigenvalue weighted by Gasteiger charge is -2.18. The largest absolute Gasteiger partial charge is 0.396 e. The van der Waals surface area contributed by atoms with Gasteiger partial charge in [-0.15, -0.1) is 11.3 Å². The maximum Gasteiger partial charge on any atom is 0.261 e. The van der Waals surface area contributed by atoms with Gasteiger partial charge in [0.2, 0.25) is 0 Å². The number of carbonyl (C=O) groups is 1. The van der Waals surface area contributed by atoms with Gasteiger partial charge in [-0.05, 0) is 48.9 Å². The fourth-order valence-electron chi connectivity index (χ4n) is 1.98. The smallest absolute Gasteiger partial charge is 0.261 e. The molecule has 1 aromatic heterocycles. The molecule has 20 heavy (non-hydrogen) atoms. The minimum absolute atomic E-state index is 0.00826. The van der Waals surface area contributed by atoms with Gasteiger partial charge in [0.05, 0.1) is 4.88 Å². The molecule has 0 spiro atoms. The average molecular weight is 295 g/mol. The first kappa shape index (κ1) is 14.9. The van der Waals surface area contributed by atoms with E-state index in [1.807, 2.05) is 20.8 Å². The van der Waals surface area contributed by atoms with E-state index in [2.05, 4.69) is 5.32 Å². The highest BCUT2D eigenvalue weighted by Crippen LogP contribution is 2.31. The number of aryl methyl sites for hydroxylation is 1. The number of amides is 1. The molecule has 0 aliphatic heterocycles. The maximum atomic E-state index is 13.3. The average Bonchev–Trinajstić information content (AvgIpc) is 2.75. The van der Waals surface area contributed by atoms with E-state index < -0.39 is 0 Å². The summed E-state index contributed by atoms with van der Waals surface area (Å²) in [5.41, 5.74) is 0.797. The van der Waals surface area contributed by atoms with Gasteiger partial charge in [0, 0.05) is 17.3 Å². The van der Waals surface area contributed by atoms with Crippen molar-refractivity contribution in [3.8, 4) is 0 Å². The predicted octanol–water partition coefficient (Wildman–Crippen LogP) is 3.10. The van der Waals surface area contributed by atoms with E-state index in [1.54, 1.807) is 6.07 Å². The molecule has 0 saturated carbocycles. The number of hydrogen-bond acceptors (Lipinski definition) is 3. The summed E-state index contributed by atoms with van der Waals surface area (Å²) in [6, 6.07) is 4.43. The fraction of sp³-hybridized carbons (Fsp3) is 0.400. The van der Waals surface area contributed by atoms with Crippen LogP contribution in [0.2, 0.25) is 0 Å². The molecule has 0 bridgehead atoms. The molecule has 2 atom stereocenters. The van der Waals surface area contributed by atoms with Crippen LogP contribution in [0.25, 0.3) is 10.1 Å². The molecule has 0 fully saturated rings. The number of aliphatic hydroxyl groups is 1. The number of hydrogen-bond donors (Lipinski definition) is 2. The molecule has 1 heterocycles. The number of halogens is 1. The highest BCUT2D eigenvalue weighted by Gasteiger charge is 2.19. The van der Waals surface area contributed by atoms with Gasteiger partial charge < -0.3 is 10.4 Å². The number of aliphatic hydroxyl groups excluding tert-OH is 1. The Labute approximate surface area is 121 Å². The molecule has 0 saturated heterocycles. The Morgan fingerprint density at radius 1 is 1.45 bits per heavy atom. The Bertz CT molecular complexity index is 638. The molecular formula is C15H18FNO2S. The highest BCUT2D eigenvalue weighted by atomic mass is 32.1. The Balaban J connectivity index is 2.29. The van der Waals surface area contributed by atoms with Crippen LogP contribution < -0.4 is 5.32 Å². The van der Waals surface area contributed by atoms with Crippen LogP contribution in [0, 0.1) is 18.7 Å². The molecule has 1 aromatic carbocycles. The molecule has 0 aliphatic rings. The lowest BCUT2D eigenvalue weighted by atomic mass is 10.0. The second kappa shape index (κ2) is 5.89. The van der Waals surface area contributed by atoms with Crippen molar-refractivity contribution >= 4 is 27.3 Å². The number of benzene rings is 1. The number of fused-ring (bicyclic) bond motifs is 1. The normalized spacial score (nSPS) is 14.2. The van der Waals surface area contributed by atoms with Gasteiger partial charge >= 0.3 is 0 Å². The lowest BCUT2D eigenvalue weighted by Crippen LogP contribution is -2.38. The van der Waals surface area contributed by atoms with Crippen LogP contribution >= 0.6 is 11.3 Å². The predicted molar refractivity (Wildman–Crippen MR) is 79.7 cm³/mol. The van der Waals surface area contributed by atoms with Crippen LogP contribution in [0.4, 0.5) is 4.39 Å². The van der Waals surface area contributed by atoms with Crippen molar-refractivity contribution < 1.29 is 14.3 Å². The van der Waals surface area contributed by atoms with E-state index in [-0.39, 0.29) is 30.3 Å². The van der Waals surface area contributed by atoms with E-state index in [0.717, 1.165) is 15.6 Å². The lowest BCUT2D eigenvalue weighted by molar-refractivity contribution is 0.0920. The summed E-state index contributed by atoms with van der Waals surface area (Å²) in [4.78, 5) is 12.9. The molecule has 108 valence electrons. The molecule has 2 unspecified atom stereocenters. The van der Waals surface area contributed by atoms with E-state index in [0.29, 0.717) is 4.88 Å². The van der Waals surface area contributed by atoms with Crippen molar-refractivity contribution in [1.29, 1.82) is 0 Å². The standard InChI is InChI=1S/C15H18FNO2S/c1-8(7-18)10(3)17-15(19)14-9(2)12-6-11(16)4-5-13(12)20-14/h4-6,8,10,18H,7H2,1-3H3,(H,17,19). The molecular weight excluding hydrogens is 277 g/mol. The van der Waals surface area contributed by atoms with Crippen LogP contribution in [0.3, 0.4) is 0 Å². The van der Waals surface area contributed by atoms with Gasteiger partial charge in [0.25, 0.3) is 5.91 Å². The quantitative estimate of drug-likeness (QED) is 0.910. The van der Waals surface area contributed by atoms with Crippen LogP contribution in [0.15, 0.2) is 18.2 Å². The minimum atomic E-state index is -0.298. The van der Waals surface area contributed by atoms with Gasteiger partial charge in [-0.25, -0.2) is 4.39 Å². The molecule has 5 heteroatoms. The number of carbonyl (C=O) groups excluding carboxylic acids is 1. The molecule has 0 aliphatic carbocycles. The number of nitrogens with one attached hydrogen (secondary N) is 1. The van der Waals surface area contributed by atoms with Gasteiger partial charge in [0.1, 0.15) is 5.82 Å². The summed E-state index contributed by atoms with van der Waals surface area (Å²) in [6.45, 7) is 5.59. The number of thiophene rings is 1. The first-order valence-electron chi connectivity index (χ1n) is 6.54.